The van der Waals surface area contributed by atoms with Crippen LogP contribution < -0.4 is 0 Å². The third-order valence-corrected chi connectivity index (χ3v) is 5.59. The topological polar surface area (TPSA) is 49.9 Å². The molecule has 2 fully saturated rings. The molecule has 0 unspecified atom stereocenters. The van der Waals surface area contributed by atoms with E-state index in [-0.39, 0.29) is 17.9 Å². The number of hydrogen-bond acceptors (Lipinski definition) is 3. The fourth-order valence-corrected chi connectivity index (χ4v) is 3.96. The summed E-state index contributed by atoms with van der Waals surface area (Å²) < 4.78 is 5.87. The molecule has 0 spiro atoms. The highest BCUT2D eigenvalue weighted by atomic mass is 16.5. The normalized spacial score (nSPS) is 21.2. The molecule has 0 N–H and O–H groups in total. The summed E-state index contributed by atoms with van der Waals surface area (Å²) in [6.45, 7) is 3.33. The Morgan fingerprint density at radius 2 is 1.96 bits per heavy atom. The molecule has 0 aliphatic carbocycles. The van der Waals surface area contributed by atoms with Crippen molar-refractivity contribution in [3.05, 3.63) is 35.9 Å². The number of hydrogen-bond donors (Lipinski definition) is 0. The van der Waals surface area contributed by atoms with Crippen molar-refractivity contribution >= 4 is 11.8 Å². The average Bonchev–Trinajstić information content (AvgIpc) is 2.91. The molecule has 0 saturated carbocycles. The SMILES string of the molecule is O=C1CCCCCN1CCC(=O)N1CCO[C@H](CCCc2ccccc2)C1. The Kier molecular flexibility index (Phi) is 7.69. The molecule has 148 valence electrons. The smallest absolute Gasteiger partial charge is 0.224 e. The summed E-state index contributed by atoms with van der Waals surface area (Å²) in [5.74, 6) is 0.365. The molecule has 2 amide bonds. The van der Waals surface area contributed by atoms with Crippen LogP contribution in [0.2, 0.25) is 0 Å². The van der Waals surface area contributed by atoms with Crippen LogP contribution in [0, 0.1) is 0 Å². The van der Waals surface area contributed by atoms with Crippen molar-refractivity contribution in [2.75, 3.05) is 32.8 Å². The van der Waals surface area contributed by atoms with Gasteiger partial charge in [-0.05, 0) is 37.7 Å². The third kappa shape index (κ3) is 6.35. The highest BCUT2D eigenvalue weighted by Crippen LogP contribution is 2.15. The molecule has 2 aliphatic heterocycles. The second-order valence-corrected chi connectivity index (χ2v) is 7.65. The van der Waals surface area contributed by atoms with E-state index < -0.39 is 0 Å². The zero-order valence-electron chi connectivity index (χ0n) is 16.3. The first-order chi connectivity index (χ1) is 13.2. The molecule has 5 nitrogen and oxygen atoms in total. The minimum absolute atomic E-state index is 0.131. The van der Waals surface area contributed by atoms with Crippen LogP contribution in [0.3, 0.4) is 0 Å². The quantitative estimate of drug-likeness (QED) is 0.739. The molecule has 2 aliphatic rings. The summed E-state index contributed by atoms with van der Waals surface area (Å²) in [5, 5.41) is 0. The van der Waals surface area contributed by atoms with Crippen LogP contribution in [-0.4, -0.2) is 60.5 Å². The van der Waals surface area contributed by atoms with E-state index in [4.69, 9.17) is 4.74 Å². The number of amides is 2. The van der Waals surface area contributed by atoms with Crippen LogP contribution in [-0.2, 0) is 20.7 Å². The zero-order valence-corrected chi connectivity index (χ0v) is 16.3. The Bertz CT molecular complexity index is 605. The van der Waals surface area contributed by atoms with Crippen molar-refractivity contribution in [3.8, 4) is 0 Å². The molecule has 3 rings (SSSR count). The number of rotatable bonds is 7. The van der Waals surface area contributed by atoms with Crippen molar-refractivity contribution in [1.29, 1.82) is 0 Å². The summed E-state index contributed by atoms with van der Waals surface area (Å²) in [6, 6.07) is 10.5. The van der Waals surface area contributed by atoms with Gasteiger partial charge in [-0.3, -0.25) is 9.59 Å². The molecule has 27 heavy (non-hydrogen) atoms. The van der Waals surface area contributed by atoms with Gasteiger partial charge in [0.25, 0.3) is 0 Å². The maximum absolute atomic E-state index is 12.6. The number of carbonyl (C=O) groups is 2. The second kappa shape index (κ2) is 10.5. The minimum atomic E-state index is 0.131. The van der Waals surface area contributed by atoms with Crippen molar-refractivity contribution in [3.63, 3.8) is 0 Å². The van der Waals surface area contributed by atoms with E-state index in [9.17, 15) is 9.59 Å². The maximum Gasteiger partial charge on any atom is 0.224 e. The van der Waals surface area contributed by atoms with E-state index in [0.29, 0.717) is 39.1 Å². The molecular weight excluding hydrogens is 340 g/mol. The van der Waals surface area contributed by atoms with Gasteiger partial charge in [0, 0.05) is 39.0 Å². The van der Waals surface area contributed by atoms with E-state index >= 15 is 0 Å². The van der Waals surface area contributed by atoms with Gasteiger partial charge in [0.05, 0.1) is 12.7 Å². The fourth-order valence-electron chi connectivity index (χ4n) is 3.96. The van der Waals surface area contributed by atoms with Gasteiger partial charge in [0.2, 0.25) is 11.8 Å². The lowest BCUT2D eigenvalue weighted by Gasteiger charge is -2.33. The van der Waals surface area contributed by atoms with Crippen molar-refractivity contribution in [2.24, 2.45) is 0 Å². The number of ether oxygens (including phenoxy) is 1. The van der Waals surface area contributed by atoms with Crippen molar-refractivity contribution in [1.82, 2.24) is 9.80 Å². The number of carbonyl (C=O) groups excluding carboxylic acids is 2. The average molecular weight is 373 g/mol. The first kappa shape index (κ1) is 19.9. The van der Waals surface area contributed by atoms with E-state index in [0.717, 1.165) is 45.1 Å². The van der Waals surface area contributed by atoms with Gasteiger partial charge in [-0.1, -0.05) is 36.8 Å². The number of likely N-dealkylation sites (tertiary alicyclic amines) is 1. The van der Waals surface area contributed by atoms with E-state index in [1.165, 1.54) is 5.56 Å². The highest BCUT2D eigenvalue weighted by Gasteiger charge is 2.25. The Labute approximate surface area is 162 Å². The van der Waals surface area contributed by atoms with E-state index in [1.807, 2.05) is 15.9 Å². The Balaban J connectivity index is 1.39. The number of aryl methyl sites for hydroxylation is 1. The van der Waals surface area contributed by atoms with E-state index in [1.54, 1.807) is 0 Å². The van der Waals surface area contributed by atoms with Gasteiger partial charge < -0.3 is 14.5 Å². The van der Waals surface area contributed by atoms with Gasteiger partial charge in [0.15, 0.2) is 0 Å². The first-order valence-corrected chi connectivity index (χ1v) is 10.4. The number of nitrogens with zero attached hydrogens (tertiary/aromatic N) is 2. The van der Waals surface area contributed by atoms with Gasteiger partial charge in [-0.2, -0.15) is 0 Å². The van der Waals surface area contributed by atoms with Crippen LogP contribution in [0.15, 0.2) is 30.3 Å². The van der Waals surface area contributed by atoms with E-state index in [2.05, 4.69) is 24.3 Å². The minimum Gasteiger partial charge on any atom is -0.375 e. The molecule has 1 aromatic rings. The standard InChI is InChI=1S/C22H32N2O3/c25-21-12-5-2-6-14-23(21)15-13-22(26)24-16-17-27-20(18-24)11-7-10-19-8-3-1-4-9-19/h1,3-4,8-9,20H,2,5-7,10-18H2/t20-/m1/s1. The van der Waals surface area contributed by atoms with Crippen LogP contribution in [0.5, 0.6) is 0 Å². The zero-order chi connectivity index (χ0) is 18.9. The molecule has 5 heteroatoms. The van der Waals surface area contributed by atoms with Gasteiger partial charge >= 0.3 is 0 Å². The molecule has 1 atom stereocenters. The highest BCUT2D eigenvalue weighted by molar-refractivity contribution is 5.79. The van der Waals surface area contributed by atoms with Gasteiger partial charge in [-0.25, -0.2) is 0 Å². The summed E-state index contributed by atoms with van der Waals surface area (Å²) in [7, 11) is 0. The lowest BCUT2D eigenvalue weighted by molar-refractivity contribution is -0.140. The van der Waals surface area contributed by atoms with Crippen LogP contribution in [0.1, 0.15) is 50.5 Å². The Morgan fingerprint density at radius 1 is 1.11 bits per heavy atom. The molecule has 2 heterocycles. The largest absolute Gasteiger partial charge is 0.375 e. The molecular formula is C22H32N2O3. The predicted molar refractivity (Wildman–Crippen MR) is 105 cm³/mol. The molecule has 1 aromatic carbocycles. The Hall–Kier alpha value is -1.88. The van der Waals surface area contributed by atoms with Crippen molar-refractivity contribution < 1.29 is 14.3 Å². The second-order valence-electron chi connectivity index (χ2n) is 7.65. The first-order valence-electron chi connectivity index (χ1n) is 10.4. The lowest BCUT2D eigenvalue weighted by Crippen LogP contribution is -2.46. The maximum atomic E-state index is 12.6. The summed E-state index contributed by atoms with van der Waals surface area (Å²) in [4.78, 5) is 28.5. The molecule has 2 saturated heterocycles. The molecule has 0 bridgehead atoms. The number of morpholine rings is 1. The van der Waals surface area contributed by atoms with Crippen LogP contribution in [0.4, 0.5) is 0 Å². The summed E-state index contributed by atoms with van der Waals surface area (Å²) in [6.07, 6.45) is 7.44. The van der Waals surface area contributed by atoms with Gasteiger partial charge in [0.1, 0.15) is 0 Å². The fraction of sp³-hybridized carbons (Fsp3) is 0.636. The molecule has 0 radical (unpaired) electrons. The Morgan fingerprint density at radius 3 is 2.81 bits per heavy atom. The summed E-state index contributed by atoms with van der Waals surface area (Å²) in [5.41, 5.74) is 1.35. The number of benzene rings is 1. The molecule has 0 aromatic heterocycles. The van der Waals surface area contributed by atoms with Crippen LogP contribution >= 0.6 is 0 Å². The monoisotopic (exact) mass is 372 g/mol. The summed E-state index contributed by atoms with van der Waals surface area (Å²) >= 11 is 0. The third-order valence-electron chi connectivity index (χ3n) is 5.59. The lowest BCUT2D eigenvalue weighted by atomic mass is 10.0. The van der Waals surface area contributed by atoms with Crippen LogP contribution in [0.25, 0.3) is 0 Å². The predicted octanol–water partition coefficient (Wildman–Crippen LogP) is 3.03. The van der Waals surface area contributed by atoms with Gasteiger partial charge in [-0.15, -0.1) is 0 Å². The van der Waals surface area contributed by atoms with Crippen molar-refractivity contribution in [2.45, 2.75) is 57.5 Å².